The molecule has 0 amide bonds. The number of hydrogen-bond acceptors (Lipinski definition) is 7. The molecule has 0 aromatic carbocycles. The lowest BCUT2D eigenvalue weighted by atomic mass is 10.1. The highest BCUT2D eigenvalue weighted by molar-refractivity contribution is 7.47. The first-order valence-corrected chi connectivity index (χ1v) is 22.2. The van der Waals surface area contributed by atoms with Crippen molar-refractivity contribution in [2.24, 2.45) is 5.73 Å². The second-order valence-electron chi connectivity index (χ2n) is 13.1. The Hall–Kier alpha value is -2.58. The third-order valence-corrected chi connectivity index (χ3v) is 8.98. The van der Waals surface area contributed by atoms with Crippen molar-refractivity contribution in [3.8, 4) is 0 Å². The Bertz CT molecular complexity index is 1140. The van der Waals surface area contributed by atoms with Gasteiger partial charge in [-0.25, -0.2) is 4.57 Å². The molecule has 2 atom stereocenters. The van der Waals surface area contributed by atoms with Crippen LogP contribution in [0.1, 0.15) is 142 Å². The lowest BCUT2D eigenvalue weighted by Gasteiger charge is -2.20. The summed E-state index contributed by atoms with van der Waals surface area (Å²) in [7, 11) is -4.30. The number of unbranched alkanes of at least 4 members (excludes halogenated alkanes) is 9. The van der Waals surface area contributed by atoms with Crippen LogP contribution in [0.4, 0.5) is 0 Å². The van der Waals surface area contributed by atoms with Crippen LogP contribution in [0.3, 0.4) is 0 Å². The molecule has 9 heteroatoms. The van der Waals surface area contributed by atoms with E-state index in [1.807, 2.05) is 0 Å². The molecule has 308 valence electrons. The quantitative estimate of drug-likeness (QED) is 0.0276. The van der Waals surface area contributed by atoms with Gasteiger partial charge in [-0.15, -0.1) is 0 Å². The van der Waals surface area contributed by atoms with Crippen LogP contribution in [-0.2, 0) is 27.9 Å². The van der Waals surface area contributed by atoms with E-state index in [1.54, 1.807) is 0 Å². The monoisotopic (exact) mass is 774 g/mol. The topological polar surface area (TPSA) is 117 Å². The van der Waals surface area contributed by atoms with E-state index in [1.165, 1.54) is 12.8 Å². The first-order chi connectivity index (χ1) is 26.4. The summed E-state index contributed by atoms with van der Waals surface area (Å²) in [5.41, 5.74) is 5.36. The number of nitrogens with two attached hydrogens (primary N) is 1. The first-order valence-electron chi connectivity index (χ1n) is 20.7. The molecule has 2 unspecified atom stereocenters. The predicted octanol–water partition coefficient (Wildman–Crippen LogP) is 12.3. The Balaban J connectivity index is 4.17. The molecule has 0 aromatic heterocycles. The molecule has 0 aliphatic heterocycles. The largest absolute Gasteiger partial charge is 0.472 e. The molecule has 0 fully saturated rings. The fourth-order valence-corrected chi connectivity index (χ4v) is 5.80. The predicted molar refractivity (Wildman–Crippen MR) is 228 cm³/mol. The summed E-state index contributed by atoms with van der Waals surface area (Å²) in [5.74, 6) is -0.366. The summed E-state index contributed by atoms with van der Waals surface area (Å²) in [4.78, 5) is 22.5. The molecule has 0 heterocycles. The first kappa shape index (κ1) is 51.4. The van der Waals surface area contributed by atoms with Gasteiger partial charge in [-0.2, -0.15) is 0 Å². The maximum absolute atomic E-state index is 12.6. The number of esters is 1. The van der Waals surface area contributed by atoms with Crippen LogP contribution in [0.25, 0.3) is 0 Å². The molecule has 0 rings (SSSR count). The molecule has 3 N–H and O–H groups in total. The molecular formula is C45H76NO7P. The van der Waals surface area contributed by atoms with Crippen LogP contribution in [-0.4, -0.2) is 49.9 Å². The maximum atomic E-state index is 12.6. The third-order valence-electron chi connectivity index (χ3n) is 8.00. The number of rotatable bonds is 38. The minimum absolute atomic E-state index is 0.0866. The van der Waals surface area contributed by atoms with E-state index in [0.29, 0.717) is 6.61 Å². The fourth-order valence-electron chi connectivity index (χ4n) is 5.04. The van der Waals surface area contributed by atoms with Crippen molar-refractivity contribution in [2.75, 3.05) is 33.0 Å². The Morgan fingerprint density at radius 1 is 0.556 bits per heavy atom. The van der Waals surface area contributed by atoms with Crippen LogP contribution in [0.5, 0.6) is 0 Å². The highest BCUT2D eigenvalue weighted by atomic mass is 31.2. The van der Waals surface area contributed by atoms with E-state index in [2.05, 4.69) is 111 Å². The summed E-state index contributed by atoms with van der Waals surface area (Å²) in [6.07, 6.45) is 54.2. The van der Waals surface area contributed by atoms with Gasteiger partial charge in [0, 0.05) is 19.6 Å². The number of phosphoric ester groups is 1. The Kier molecular flexibility index (Phi) is 39.6. The second kappa shape index (κ2) is 41.6. The zero-order valence-corrected chi connectivity index (χ0v) is 34.8. The van der Waals surface area contributed by atoms with Crippen LogP contribution >= 0.6 is 7.82 Å². The molecule has 8 nitrogen and oxygen atoms in total. The minimum Gasteiger partial charge on any atom is -0.457 e. The van der Waals surface area contributed by atoms with Gasteiger partial charge in [-0.3, -0.25) is 13.8 Å². The van der Waals surface area contributed by atoms with Gasteiger partial charge < -0.3 is 20.1 Å². The Labute approximate surface area is 330 Å². The number of ether oxygens (including phenoxy) is 2. The summed E-state index contributed by atoms with van der Waals surface area (Å²) < 4.78 is 33.4. The number of carbonyl (C=O) groups is 1. The molecule has 0 saturated heterocycles. The van der Waals surface area contributed by atoms with Gasteiger partial charge in [-0.1, -0.05) is 143 Å². The van der Waals surface area contributed by atoms with Crippen LogP contribution in [0.2, 0.25) is 0 Å². The van der Waals surface area contributed by atoms with Crippen molar-refractivity contribution in [1.29, 1.82) is 0 Å². The van der Waals surface area contributed by atoms with E-state index in [0.717, 1.165) is 109 Å². The summed E-state index contributed by atoms with van der Waals surface area (Å²) >= 11 is 0. The van der Waals surface area contributed by atoms with E-state index < -0.39 is 13.9 Å². The van der Waals surface area contributed by atoms with E-state index in [4.69, 9.17) is 24.3 Å². The Morgan fingerprint density at radius 2 is 0.981 bits per heavy atom. The Morgan fingerprint density at radius 3 is 1.46 bits per heavy atom. The van der Waals surface area contributed by atoms with Gasteiger partial charge in [0.1, 0.15) is 6.10 Å². The lowest BCUT2D eigenvalue weighted by molar-refractivity contribution is -0.154. The van der Waals surface area contributed by atoms with Crippen molar-refractivity contribution in [3.63, 3.8) is 0 Å². The SMILES string of the molecule is CC/C=C\C/C=C\C/C=C\C/C=C\CCCCCCCOCC(COP(=O)(O)OCCN)OC(=O)CCCCCC/C=C\C/C=C\C/C=C\C/C=C\CC. The zero-order valence-electron chi connectivity index (χ0n) is 33.9. The van der Waals surface area contributed by atoms with Gasteiger partial charge in [-0.05, 0) is 89.9 Å². The van der Waals surface area contributed by atoms with Gasteiger partial charge in [0.25, 0.3) is 0 Å². The highest BCUT2D eigenvalue weighted by Crippen LogP contribution is 2.43. The normalized spacial score (nSPS) is 14.5. The molecular weight excluding hydrogens is 697 g/mol. The fraction of sp³-hybridized carbons (Fsp3) is 0.622. The third kappa shape index (κ3) is 40.6. The van der Waals surface area contributed by atoms with Crippen molar-refractivity contribution in [3.05, 3.63) is 97.2 Å². The average Bonchev–Trinajstić information content (AvgIpc) is 3.16. The molecule has 0 bridgehead atoms. The van der Waals surface area contributed by atoms with Crippen molar-refractivity contribution < 1.29 is 32.8 Å². The van der Waals surface area contributed by atoms with Gasteiger partial charge in [0.15, 0.2) is 0 Å². The number of hydrogen-bond donors (Lipinski definition) is 2. The molecule has 0 spiro atoms. The average molecular weight is 774 g/mol. The second-order valence-corrected chi connectivity index (χ2v) is 14.5. The molecule has 0 saturated carbocycles. The lowest BCUT2D eigenvalue weighted by Crippen LogP contribution is -2.28. The summed E-state index contributed by atoms with van der Waals surface area (Å²) in [6, 6.07) is 0. The molecule has 0 aromatic rings. The maximum Gasteiger partial charge on any atom is 0.472 e. The van der Waals surface area contributed by atoms with E-state index in [9.17, 15) is 14.3 Å². The molecule has 0 radical (unpaired) electrons. The number of phosphoric acid groups is 1. The van der Waals surface area contributed by atoms with Crippen LogP contribution in [0, 0.1) is 0 Å². The molecule has 0 aliphatic carbocycles. The van der Waals surface area contributed by atoms with Crippen molar-refractivity contribution in [1.82, 2.24) is 0 Å². The number of allylic oxidation sites excluding steroid dienone is 16. The molecule has 54 heavy (non-hydrogen) atoms. The molecule has 0 aliphatic rings. The summed E-state index contributed by atoms with van der Waals surface area (Å²) in [5, 5.41) is 0. The smallest absolute Gasteiger partial charge is 0.457 e. The van der Waals surface area contributed by atoms with Gasteiger partial charge in [0.2, 0.25) is 0 Å². The van der Waals surface area contributed by atoms with Crippen molar-refractivity contribution >= 4 is 13.8 Å². The zero-order chi connectivity index (χ0) is 39.5. The standard InChI is InChI=1S/C45H76NO7P/c1-3-5-7-9-11-13-15-17-19-21-23-25-27-29-31-33-35-37-40-50-42-44(43-52-54(48,49)51-41-39-46)53-45(47)38-36-34-32-30-28-26-24-22-20-18-16-14-12-10-8-6-4-2/h5-8,11-14,17-20,23-26,44H,3-4,9-10,15-16,21-22,27-43,46H2,1-2H3,(H,48,49)/b7-5-,8-6-,13-11-,14-12-,19-17-,20-18-,25-23-,26-24-. The summed E-state index contributed by atoms with van der Waals surface area (Å²) in [6.45, 7) is 4.58. The minimum atomic E-state index is -4.30. The highest BCUT2D eigenvalue weighted by Gasteiger charge is 2.25. The van der Waals surface area contributed by atoms with Crippen LogP contribution < -0.4 is 5.73 Å². The van der Waals surface area contributed by atoms with E-state index in [-0.39, 0.29) is 38.8 Å². The van der Waals surface area contributed by atoms with Crippen molar-refractivity contribution in [2.45, 2.75) is 148 Å². The van der Waals surface area contributed by atoms with Crippen LogP contribution in [0.15, 0.2) is 97.2 Å². The van der Waals surface area contributed by atoms with Gasteiger partial charge >= 0.3 is 13.8 Å². The van der Waals surface area contributed by atoms with E-state index >= 15 is 0 Å². The number of carbonyl (C=O) groups excluding carboxylic acids is 1. The van der Waals surface area contributed by atoms with Gasteiger partial charge in [0.05, 0.1) is 19.8 Å².